The molecule has 52 valence electrons. The number of hydrogen-bond donors (Lipinski definition) is 0. The highest BCUT2D eigenvalue weighted by Gasteiger charge is 2.30. The zero-order chi connectivity index (χ0) is 7.02. The van der Waals surface area contributed by atoms with Crippen LogP contribution in [0.1, 0.15) is 20.3 Å². The van der Waals surface area contributed by atoms with Crippen molar-refractivity contribution in [2.75, 3.05) is 7.05 Å². The maximum Gasteiger partial charge on any atom is 0.222 e. The molecule has 1 aliphatic rings. The van der Waals surface area contributed by atoms with E-state index in [1.165, 1.54) is 0 Å². The highest BCUT2D eigenvalue weighted by molar-refractivity contribution is 5.78. The van der Waals surface area contributed by atoms with E-state index < -0.39 is 0 Å². The van der Waals surface area contributed by atoms with E-state index in [0.717, 1.165) is 6.42 Å². The van der Waals surface area contributed by atoms with E-state index in [1.54, 1.807) is 0 Å². The van der Waals surface area contributed by atoms with Gasteiger partial charge < -0.3 is 4.90 Å². The topological polar surface area (TPSA) is 20.3 Å². The molecule has 0 aliphatic carbocycles. The maximum absolute atomic E-state index is 10.9. The normalized spacial score (nSPS) is 35.9. The van der Waals surface area contributed by atoms with Gasteiger partial charge in [-0.05, 0) is 12.8 Å². The summed E-state index contributed by atoms with van der Waals surface area (Å²) in [5, 5.41) is 0. The third-order valence-corrected chi connectivity index (χ3v) is 2.32. The average Bonchev–Trinajstić information content (AvgIpc) is 1.98. The van der Waals surface area contributed by atoms with Crippen molar-refractivity contribution in [1.82, 2.24) is 4.90 Å². The predicted molar refractivity (Wildman–Crippen MR) is 36.0 cm³/mol. The van der Waals surface area contributed by atoms with Crippen molar-refractivity contribution in [3.63, 3.8) is 0 Å². The Labute approximate surface area is 55.8 Å². The van der Waals surface area contributed by atoms with E-state index >= 15 is 0 Å². The molecule has 2 atom stereocenters. The van der Waals surface area contributed by atoms with Crippen LogP contribution < -0.4 is 0 Å². The summed E-state index contributed by atoms with van der Waals surface area (Å²) in [5.41, 5.74) is 0. The Morgan fingerprint density at radius 2 is 2.11 bits per heavy atom. The fraction of sp³-hybridized carbons (Fsp3) is 0.857. The van der Waals surface area contributed by atoms with E-state index in [2.05, 4.69) is 13.8 Å². The molecule has 0 aromatic heterocycles. The van der Waals surface area contributed by atoms with Crippen molar-refractivity contribution < 1.29 is 4.79 Å². The van der Waals surface area contributed by atoms with Gasteiger partial charge in [0.05, 0.1) is 0 Å². The van der Waals surface area contributed by atoms with Gasteiger partial charge in [0, 0.05) is 19.5 Å². The first kappa shape index (κ1) is 6.59. The quantitative estimate of drug-likeness (QED) is 0.473. The largest absolute Gasteiger partial charge is 0.343 e. The van der Waals surface area contributed by atoms with Gasteiger partial charge in [-0.1, -0.05) is 6.92 Å². The molecule has 2 nitrogen and oxygen atoms in total. The maximum atomic E-state index is 10.9. The second kappa shape index (κ2) is 2.01. The molecule has 0 aromatic rings. The minimum absolute atomic E-state index is 0.287. The van der Waals surface area contributed by atoms with Crippen molar-refractivity contribution in [3.8, 4) is 0 Å². The highest BCUT2D eigenvalue weighted by atomic mass is 16.2. The Hall–Kier alpha value is -0.530. The van der Waals surface area contributed by atoms with Gasteiger partial charge in [0.2, 0.25) is 5.91 Å². The lowest BCUT2D eigenvalue weighted by molar-refractivity contribution is -0.127. The lowest BCUT2D eigenvalue weighted by Gasteiger charge is -2.16. The van der Waals surface area contributed by atoms with Gasteiger partial charge in [0.1, 0.15) is 0 Å². The Morgan fingerprint density at radius 1 is 1.56 bits per heavy atom. The van der Waals surface area contributed by atoms with Gasteiger partial charge in [-0.25, -0.2) is 0 Å². The van der Waals surface area contributed by atoms with Crippen LogP contribution in [0.5, 0.6) is 0 Å². The molecule has 1 saturated heterocycles. The first-order valence-corrected chi connectivity index (χ1v) is 3.38. The van der Waals surface area contributed by atoms with Gasteiger partial charge >= 0.3 is 0 Å². The van der Waals surface area contributed by atoms with Crippen LogP contribution >= 0.6 is 0 Å². The number of hydrogen-bond acceptors (Lipinski definition) is 1. The molecule has 0 N–H and O–H groups in total. The van der Waals surface area contributed by atoms with E-state index in [1.807, 2.05) is 11.9 Å². The Bertz CT molecular complexity index is 133. The molecule has 0 aromatic carbocycles. The number of likely N-dealkylation sites (tertiary alicyclic amines) is 1. The molecule has 1 heterocycles. The molecule has 0 bridgehead atoms. The Balaban J connectivity index is 2.65. The fourth-order valence-corrected chi connectivity index (χ4v) is 1.20. The molecule has 0 unspecified atom stereocenters. The monoisotopic (exact) mass is 127 g/mol. The molecular formula is C7H13NO. The van der Waals surface area contributed by atoms with Crippen LogP contribution in [0.2, 0.25) is 0 Å². The summed E-state index contributed by atoms with van der Waals surface area (Å²) in [6, 6.07) is 0.442. The molecule has 9 heavy (non-hydrogen) atoms. The van der Waals surface area contributed by atoms with Crippen LogP contribution in [-0.4, -0.2) is 23.9 Å². The van der Waals surface area contributed by atoms with Crippen molar-refractivity contribution in [2.24, 2.45) is 5.92 Å². The number of nitrogens with zero attached hydrogens (tertiary/aromatic N) is 1. The summed E-state index contributed by atoms with van der Waals surface area (Å²) in [6.45, 7) is 4.21. The Kier molecular flexibility index (Phi) is 1.47. The number of carbonyl (C=O) groups excluding carboxylic acids is 1. The van der Waals surface area contributed by atoms with Crippen LogP contribution in [0.3, 0.4) is 0 Å². The zero-order valence-corrected chi connectivity index (χ0v) is 6.22. The third-order valence-electron chi connectivity index (χ3n) is 2.32. The molecule has 1 aliphatic heterocycles. The molecule has 0 saturated carbocycles. The summed E-state index contributed by atoms with van der Waals surface area (Å²) in [5.74, 6) is 0.831. The Morgan fingerprint density at radius 3 is 2.22 bits per heavy atom. The predicted octanol–water partition coefficient (Wildman–Crippen LogP) is 0.873. The smallest absolute Gasteiger partial charge is 0.222 e. The SMILES string of the molecule is C[C@H]1CC(=O)N(C)[C@H]1C. The van der Waals surface area contributed by atoms with Gasteiger partial charge in [-0.15, -0.1) is 0 Å². The fourth-order valence-electron chi connectivity index (χ4n) is 1.20. The lowest BCUT2D eigenvalue weighted by Crippen LogP contribution is -2.27. The summed E-state index contributed by atoms with van der Waals surface area (Å²) in [6.07, 6.45) is 0.734. The van der Waals surface area contributed by atoms with E-state index in [0.29, 0.717) is 12.0 Å². The summed E-state index contributed by atoms with van der Waals surface area (Å²) in [4.78, 5) is 12.7. The van der Waals surface area contributed by atoms with Crippen molar-refractivity contribution in [1.29, 1.82) is 0 Å². The minimum Gasteiger partial charge on any atom is -0.343 e. The number of rotatable bonds is 0. The standard InChI is InChI=1S/C7H13NO/c1-5-4-7(9)8(3)6(5)2/h5-6H,4H2,1-3H3/t5-,6-/m0/s1. The summed E-state index contributed by atoms with van der Waals surface area (Å²) >= 11 is 0. The van der Waals surface area contributed by atoms with Crippen LogP contribution in [0.15, 0.2) is 0 Å². The summed E-state index contributed by atoms with van der Waals surface area (Å²) in [7, 11) is 1.87. The molecular weight excluding hydrogens is 114 g/mol. The second-order valence-electron chi connectivity index (χ2n) is 2.93. The van der Waals surface area contributed by atoms with Crippen LogP contribution in [0.4, 0.5) is 0 Å². The second-order valence-corrected chi connectivity index (χ2v) is 2.93. The lowest BCUT2D eigenvalue weighted by atomic mass is 10.1. The first-order chi connectivity index (χ1) is 4.13. The van der Waals surface area contributed by atoms with Crippen LogP contribution in [0, 0.1) is 5.92 Å². The molecule has 0 spiro atoms. The van der Waals surface area contributed by atoms with Gasteiger partial charge in [0.15, 0.2) is 0 Å². The molecule has 1 amide bonds. The molecule has 1 rings (SSSR count). The average molecular weight is 127 g/mol. The van der Waals surface area contributed by atoms with Gasteiger partial charge in [-0.2, -0.15) is 0 Å². The van der Waals surface area contributed by atoms with E-state index in [4.69, 9.17) is 0 Å². The first-order valence-electron chi connectivity index (χ1n) is 3.38. The molecule has 2 heteroatoms. The van der Waals surface area contributed by atoms with Gasteiger partial charge in [0.25, 0.3) is 0 Å². The van der Waals surface area contributed by atoms with Gasteiger partial charge in [-0.3, -0.25) is 4.79 Å². The third kappa shape index (κ3) is 0.934. The number of amides is 1. The minimum atomic E-state index is 0.287. The zero-order valence-electron chi connectivity index (χ0n) is 6.22. The van der Waals surface area contributed by atoms with Crippen LogP contribution in [0.25, 0.3) is 0 Å². The molecule has 1 fully saturated rings. The molecule has 0 radical (unpaired) electrons. The van der Waals surface area contributed by atoms with E-state index in [-0.39, 0.29) is 5.91 Å². The van der Waals surface area contributed by atoms with Crippen molar-refractivity contribution in [2.45, 2.75) is 26.3 Å². The van der Waals surface area contributed by atoms with Crippen molar-refractivity contribution >= 4 is 5.91 Å². The number of carbonyl (C=O) groups is 1. The van der Waals surface area contributed by atoms with Crippen molar-refractivity contribution in [3.05, 3.63) is 0 Å². The summed E-state index contributed by atoms with van der Waals surface area (Å²) < 4.78 is 0. The highest BCUT2D eigenvalue weighted by Crippen LogP contribution is 2.22. The van der Waals surface area contributed by atoms with Crippen LogP contribution in [-0.2, 0) is 4.79 Å². The van der Waals surface area contributed by atoms with E-state index in [9.17, 15) is 4.79 Å².